The van der Waals surface area contributed by atoms with Crippen molar-refractivity contribution in [2.24, 2.45) is 5.92 Å². The average Bonchev–Trinajstić information content (AvgIpc) is 2.27. The molecular weight excluding hydrogens is 244 g/mol. The maximum Gasteiger partial charge on any atom is 0.410 e. The Morgan fingerprint density at radius 3 is 2.16 bits per heavy atom. The Kier molecular flexibility index (Phi) is 5.20. The van der Waals surface area contributed by atoms with E-state index in [2.05, 4.69) is 0 Å². The van der Waals surface area contributed by atoms with Crippen molar-refractivity contribution in [1.29, 1.82) is 0 Å². The Morgan fingerprint density at radius 1 is 1.21 bits per heavy atom. The van der Waals surface area contributed by atoms with Crippen molar-refractivity contribution in [1.82, 2.24) is 9.80 Å². The van der Waals surface area contributed by atoms with Gasteiger partial charge in [-0.15, -0.1) is 0 Å². The van der Waals surface area contributed by atoms with E-state index in [9.17, 15) is 9.59 Å². The van der Waals surface area contributed by atoms with E-state index in [1.807, 2.05) is 20.8 Å². The van der Waals surface area contributed by atoms with Crippen LogP contribution >= 0.6 is 0 Å². The number of carbonyl (C=O) groups is 2. The predicted octanol–water partition coefficient (Wildman–Crippen LogP) is 2.11. The van der Waals surface area contributed by atoms with Gasteiger partial charge < -0.3 is 14.5 Å². The Morgan fingerprint density at radius 2 is 1.74 bits per heavy atom. The summed E-state index contributed by atoms with van der Waals surface area (Å²) >= 11 is 0. The number of rotatable bonds is 2. The molecule has 5 heteroatoms. The molecule has 1 fully saturated rings. The maximum atomic E-state index is 11.9. The van der Waals surface area contributed by atoms with Crippen LogP contribution in [-0.4, -0.2) is 54.6 Å². The highest BCUT2D eigenvalue weighted by atomic mass is 16.6. The van der Waals surface area contributed by atoms with E-state index in [1.54, 1.807) is 23.9 Å². The normalized spacial score (nSPS) is 17.2. The Bertz CT molecular complexity index is 326. The van der Waals surface area contributed by atoms with Gasteiger partial charge in [-0.2, -0.15) is 0 Å². The van der Waals surface area contributed by atoms with E-state index in [4.69, 9.17) is 4.74 Å². The first-order valence-electron chi connectivity index (χ1n) is 6.87. The standard InChI is InChI=1S/C14H26N2O3/c1-14(2,3)19-13(18)16-8-6-11(7-9-16)10-12(17)15(4)5/h11H,6-10H2,1-5H3. The highest BCUT2D eigenvalue weighted by Gasteiger charge is 2.27. The predicted molar refractivity (Wildman–Crippen MR) is 73.8 cm³/mol. The summed E-state index contributed by atoms with van der Waals surface area (Å²) in [5.41, 5.74) is -0.450. The SMILES string of the molecule is CN(C)C(=O)CC1CCN(C(=O)OC(C)(C)C)CC1. The van der Waals surface area contributed by atoms with Crippen LogP contribution in [0.3, 0.4) is 0 Å². The molecule has 0 aliphatic carbocycles. The molecule has 0 aromatic heterocycles. The number of amides is 2. The first-order chi connectivity index (χ1) is 8.69. The molecule has 1 saturated heterocycles. The summed E-state index contributed by atoms with van der Waals surface area (Å²) in [5, 5.41) is 0. The van der Waals surface area contributed by atoms with Crippen molar-refractivity contribution in [3.8, 4) is 0 Å². The van der Waals surface area contributed by atoms with Gasteiger partial charge in [0.05, 0.1) is 0 Å². The maximum absolute atomic E-state index is 11.9. The Hall–Kier alpha value is -1.26. The minimum Gasteiger partial charge on any atom is -0.444 e. The van der Waals surface area contributed by atoms with Gasteiger partial charge in [0.15, 0.2) is 0 Å². The van der Waals surface area contributed by atoms with E-state index in [-0.39, 0.29) is 12.0 Å². The number of hydrogen-bond donors (Lipinski definition) is 0. The third kappa shape index (κ3) is 5.49. The van der Waals surface area contributed by atoms with E-state index in [1.165, 1.54) is 0 Å². The molecule has 0 unspecified atom stereocenters. The molecular formula is C14H26N2O3. The molecule has 0 aromatic rings. The molecule has 0 bridgehead atoms. The van der Waals surface area contributed by atoms with Crippen LogP contribution in [0, 0.1) is 5.92 Å². The molecule has 0 saturated carbocycles. The summed E-state index contributed by atoms with van der Waals surface area (Å²) in [4.78, 5) is 26.9. The van der Waals surface area contributed by atoms with Crippen molar-refractivity contribution >= 4 is 12.0 Å². The van der Waals surface area contributed by atoms with Gasteiger partial charge in [-0.25, -0.2) is 4.79 Å². The third-order valence-electron chi connectivity index (χ3n) is 3.23. The largest absolute Gasteiger partial charge is 0.444 e. The van der Waals surface area contributed by atoms with Gasteiger partial charge in [0, 0.05) is 33.6 Å². The molecule has 1 aliphatic rings. The van der Waals surface area contributed by atoms with Crippen LogP contribution in [-0.2, 0) is 9.53 Å². The zero-order valence-electron chi connectivity index (χ0n) is 12.7. The highest BCUT2D eigenvalue weighted by Crippen LogP contribution is 2.22. The van der Waals surface area contributed by atoms with E-state index < -0.39 is 5.60 Å². The zero-order chi connectivity index (χ0) is 14.6. The van der Waals surface area contributed by atoms with Crippen LogP contribution in [0.4, 0.5) is 4.79 Å². The minimum absolute atomic E-state index is 0.163. The van der Waals surface area contributed by atoms with Gasteiger partial charge in [-0.05, 0) is 39.5 Å². The van der Waals surface area contributed by atoms with Crippen LogP contribution in [0.25, 0.3) is 0 Å². The number of carbonyl (C=O) groups excluding carboxylic acids is 2. The van der Waals surface area contributed by atoms with Crippen LogP contribution < -0.4 is 0 Å². The summed E-state index contributed by atoms with van der Waals surface area (Å²) in [7, 11) is 3.55. The molecule has 19 heavy (non-hydrogen) atoms. The lowest BCUT2D eigenvalue weighted by atomic mass is 9.93. The lowest BCUT2D eigenvalue weighted by Gasteiger charge is -2.33. The molecule has 0 radical (unpaired) electrons. The molecule has 2 amide bonds. The topological polar surface area (TPSA) is 49.9 Å². The van der Waals surface area contributed by atoms with E-state index >= 15 is 0 Å². The summed E-state index contributed by atoms with van der Waals surface area (Å²) < 4.78 is 5.34. The van der Waals surface area contributed by atoms with Crippen LogP contribution in [0.2, 0.25) is 0 Å². The average molecular weight is 270 g/mol. The number of nitrogens with zero attached hydrogens (tertiary/aromatic N) is 2. The van der Waals surface area contributed by atoms with Gasteiger partial charge in [-0.3, -0.25) is 4.79 Å². The highest BCUT2D eigenvalue weighted by molar-refractivity contribution is 5.75. The molecule has 5 nitrogen and oxygen atoms in total. The van der Waals surface area contributed by atoms with Crippen LogP contribution in [0.5, 0.6) is 0 Å². The molecule has 1 rings (SSSR count). The monoisotopic (exact) mass is 270 g/mol. The van der Waals surface area contributed by atoms with Crippen molar-refractivity contribution in [3.05, 3.63) is 0 Å². The summed E-state index contributed by atoms with van der Waals surface area (Å²) in [6.45, 7) is 6.97. The van der Waals surface area contributed by atoms with Crippen molar-refractivity contribution in [2.75, 3.05) is 27.2 Å². The number of likely N-dealkylation sites (tertiary alicyclic amines) is 1. The van der Waals surface area contributed by atoms with Crippen molar-refractivity contribution < 1.29 is 14.3 Å². The Balaban J connectivity index is 2.37. The fraction of sp³-hybridized carbons (Fsp3) is 0.857. The first kappa shape index (κ1) is 15.8. The molecule has 1 heterocycles. The van der Waals surface area contributed by atoms with Crippen LogP contribution in [0.15, 0.2) is 0 Å². The summed E-state index contributed by atoms with van der Waals surface area (Å²) in [6.07, 6.45) is 2.08. The second-order valence-corrected chi connectivity index (χ2v) is 6.40. The van der Waals surface area contributed by atoms with Gasteiger partial charge in [0.2, 0.25) is 5.91 Å². The third-order valence-corrected chi connectivity index (χ3v) is 3.23. The van der Waals surface area contributed by atoms with Crippen molar-refractivity contribution in [3.63, 3.8) is 0 Å². The molecule has 110 valence electrons. The smallest absolute Gasteiger partial charge is 0.410 e. The van der Waals surface area contributed by atoms with E-state index in [0.717, 1.165) is 12.8 Å². The summed E-state index contributed by atoms with van der Waals surface area (Å²) in [5.74, 6) is 0.546. The van der Waals surface area contributed by atoms with Gasteiger partial charge in [0.1, 0.15) is 5.60 Å². The van der Waals surface area contributed by atoms with Crippen molar-refractivity contribution in [2.45, 2.75) is 45.6 Å². The molecule has 0 aromatic carbocycles. The lowest BCUT2D eigenvalue weighted by Crippen LogP contribution is -2.42. The quantitative estimate of drug-likeness (QED) is 0.772. The molecule has 0 N–H and O–H groups in total. The minimum atomic E-state index is -0.450. The fourth-order valence-corrected chi connectivity index (χ4v) is 2.08. The zero-order valence-corrected chi connectivity index (χ0v) is 12.7. The van der Waals surface area contributed by atoms with Gasteiger partial charge in [0.25, 0.3) is 0 Å². The van der Waals surface area contributed by atoms with E-state index in [0.29, 0.717) is 25.4 Å². The Labute approximate surface area is 115 Å². The number of hydrogen-bond acceptors (Lipinski definition) is 3. The molecule has 0 spiro atoms. The first-order valence-corrected chi connectivity index (χ1v) is 6.87. The summed E-state index contributed by atoms with van der Waals surface area (Å²) in [6, 6.07) is 0. The second-order valence-electron chi connectivity index (χ2n) is 6.40. The molecule has 0 atom stereocenters. The van der Waals surface area contributed by atoms with Gasteiger partial charge >= 0.3 is 6.09 Å². The number of piperidine rings is 1. The van der Waals surface area contributed by atoms with Crippen LogP contribution in [0.1, 0.15) is 40.0 Å². The molecule has 1 aliphatic heterocycles. The van der Waals surface area contributed by atoms with Gasteiger partial charge in [-0.1, -0.05) is 0 Å². The second kappa shape index (κ2) is 6.26. The fourth-order valence-electron chi connectivity index (χ4n) is 2.08. The number of ether oxygens (including phenoxy) is 1. The lowest BCUT2D eigenvalue weighted by molar-refractivity contribution is -0.130.